The van der Waals surface area contributed by atoms with Crippen LogP contribution in [0.25, 0.3) is 0 Å². The molecule has 1 fully saturated rings. The molecule has 0 bridgehead atoms. The fourth-order valence-electron chi connectivity index (χ4n) is 2.19. The molecule has 1 aromatic heterocycles. The number of carbonyl (C=O) groups excluding carboxylic acids is 1. The van der Waals surface area contributed by atoms with Gasteiger partial charge in [-0.25, -0.2) is 9.37 Å². The minimum Gasteiger partial charge on any atom is -0.476 e. The van der Waals surface area contributed by atoms with Gasteiger partial charge in [-0.05, 0) is 6.07 Å². The van der Waals surface area contributed by atoms with Crippen LogP contribution in [-0.4, -0.2) is 54.7 Å². The molecular formula is C14H19ClFN3O2. The summed E-state index contributed by atoms with van der Waals surface area (Å²) in [6.07, 6.45) is 3.04. The Morgan fingerprint density at radius 3 is 2.86 bits per heavy atom. The molecular weight excluding hydrogens is 297 g/mol. The third kappa shape index (κ3) is 5.13. The fraction of sp³-hybridized carbons (Fsp3) is 0.571. The molecule has 0 unspecified atom stereocenters. The van der Waals surface area contributed by atoms with E-state index in [1.165, 1.54) is 6.20 Å². The number of halogens is 2. The van der Waals surface area contributed by atoms with E-state index in [2.05, 4.69) is 10.3 Å². The van der Waals surface area contributed by atoms with Crippen LogP contribution in [0.1, 0.15) is 12.8 Å². The number of rotatable bonds is 7. The van der Waals surface area contributed by atoms with Gasteiger partial charge in [0.05, 0.1) is 5.02 Å². The highest BCUT2D eigenvalue weighted by atomic mass is 35.5. The molecule has 0 radical (unpaired) electrons. The lowest BCUT2D eigenvalue weighted by Gasteiger charge is -2.34. The zero-order valence-corrected chi connectivity index (χ0v) is 12.5. The summed E-state index contributed by atoms with van der Waals surface area (Å²) in [7, 11) is 0. The third-order valence-corrected chi connectivity index (χ3v) is 3.74. The van der Waals surface area contributed by atoms with E-state index in [4.69, 9.17) is 16.3 Å². The van der Waals surface area contributed by atoms with Gasteiger partial charge in [-0.1, -0.05) is 11.6 Å². The minimum atomic E-state index is -1.24. The van der Waals surface area contributed by atoms with Gasteiger partial charge in [-0.2, -0.15) is 0 Å². The van der Waals surface area contributed by atoms with Crippen molar-refractivity contribution < 1.29 is 13.9 Å². The van der Waals surface area contributed by atoms with Gasteiger partial charge in [-0.15, -0.1) is 0 Å². The van der Waals surface area contributed by atoms with Crippen molar-refractivity contribution in [1.29, 1.82) is 0 Å². The lowest BCUT2D eigenvalue weighted by molar-refractivity contribution is -0.120. The molecule has 0 aliphatic carbocycles. The Kier molecular flexibility index (Phi) is 5.76. The van der Waals surface area contributed by atoms with Gasteiger partial charge in [0.2, 0.25) is 12.3 Å². The van der Waals surface area contributed by atoms with Gasteiger partial charge in [0.15, 0.2) is 0 Å². The number of carbonyl (C=O) groups is 1. The summed E-state index contributed by atoms with van der Waals surface area (Å²) >= 11 is 5.72. The van der Waals surface area contributed by atoms with E-state index in [1.807, 2.05) is 0 Å². The quantitative estimate of drug-likeness (QED) is 0.614. The minimum absolute atomic E-state index is 0.275. The Hall–Kier alpha value is -1.40. The average Bonchev–Trinajstić information content (AvgIpc) is 2.50. The summed E-state index contributed by atoms with van der Waals surface area (Å²) in [5, 5.41) is 3.61. The molecule has 1 saturated heterocycles. The van der Waals surface area contributed by atoms with Crippen LogP contribution in [0.2, 0.25) is 5.02 Å². The molecule has 1 amide bonds. The second kappa shape index (κ2) is 7.56. The SMILES string of the molecule is O=CN1CCC(F)(CNCCOc2ccc(Cl)cn2)CC1. The molecule has 0 spiro atoms. The molecule has 7 heteroatoms. The molecule has 2 heterocycles. The number of aromatic nitrogens is 1. The van der Waals surface area contributed by atoms with Crippen molar-refractivity contribution in [3.8, 4) is 5.88 Å². The first-order chi connectivity index (χ1) is 10.1. The topological polar surface area (TPSA) is 54.5 Å². The predicted octanol–water partition coefficient (Wildman–Crippen LogP) is 1.66. The molecule has 5 nitrogen and oxygen atoms in total. The number of hydrogen-bond acceptors (Lipinski definition) is 4. The highest BCUT2D eigenvalue weighted by Crippen LogP contribution is 2.25. The van der Waals surface area contributed by atoms with E-state index in [0.29, 0.717) is 50.0 Å². The first-order valence-corrected chi connectivity index (χ1v) is 7.32. The van der Waals surface area contributed by atoms with Crippen LogP contribution < -0.4 is 10.1 Å². The largest absolute Gasteiger partial charge is 0.476 e. The van der Waals surface area contributed by atoms with E-state index in [9.17, 15) is 9.18 Å². The molecule has 1 aliphatic heterocycles. The maximum atomic E-state index is 14.4. The third-order valence-electron chi connectivity index (χ3n) is 3.51. The second-order valence-corrected chi connectivity index (χ2v) is 5.57. The van der Waals surface area contributed by atoms with Gasteiger partial charge >= 0.3 is 0 Å². The summed E-state index contributed by atoms with van der Waals surface area (Å²) in [5.74, 6) is 0.496. The van der Waals surface area contributed by atoms with E-state index in [-0.39, 0.29) is 6.54 Å². The normalized spacial score (nSPS) is 17.5. The van der Waals surface area contributed by atoms with Gasteiger partial charge in [0.25, 0.3) is 0 Å². The molecule has 1 aliphatic rings. The van der Waals surface area contributed by atoms with Crippen molar-refractivity contribution in [3.05, 3.63) is 23.4 Å². The second-order valence-electron chi connectivity index (χ2n) is 5.13. The predicted molar refractivity (Wildman–Crippen MR) is 78.3 cm³/mol. The Labute approximate surface area is 128 Å². The molecule has 21 heavy (non-hydrogen) atoms. The number of hydrogen-bond donors (Lipinski definition) is 1. The number of pyridine rings is 1. The molecule has 0 aromatic carbocycles. The summed E-state index contributed by atoms with van der Waals surface area (Å²) in [6, 6.07) is 3.39. The van der Waals surface area contributed by atoms with Crippen molar-refractivity contribution in [2.45, 2.75) is 18.5 Å². The molecule has 2 rings (SSSR count). The number of nitrogens with zero attached hydrogens (tertiary/aromatic N) is 2. The summed E-state index contributed by atoms with van der Waals surface area (Å²) in [4.78, 5) is 16.2. The zero-order valence-electron chi connectivity index (χ0n) is 11.7. The van der Waals surface area contributed by atoms with Crippen LogP contribution in [0.4, 0.5) is 4.39 Å². The molecule has 0 atom stereocenters. The maximum absolute atomic E-state index is 14.4. The first-order valence-electron chi connectivity index (χ1n) is 6.95. The van der Waals surface area contributed by atoms with E-state index in [0.717, 1.165) is 6.41 Å². The monoisotopic (exact) mass is 315 g/mol. The molecule has 116 valence electrons. The maximum Gasteiger partial charge on any atom is 0.213 e. The molecule has 0 saturated carbocycles. The van der Waals surface area contributed by atoms with Crippen LogP contribution in [-0.2, 0) is 4.79 Å². The van der Waals surface area contributed by atoms with Gasteiger partial charge in [0, 0.05) is 51.3 Å². The van der Waals surface area contributed by atoms with Crippen molar-refractivity contribution in [3.63, 3.8) is 0 Å². The number of alkyl halides is 1. The van der Waals surface area contributed by atoms with Gasteiger partial charge < -0.3 is 15.0 Å². The van der Waals surface area contributed by atoms with E-state index >= 15 is 0 Å². The molecule has 1 aromatic rings. The van der Waals surface area contributed by atoms with Crippen molar-refractivity contribution in [2.75, 3.05) is 32.8 Å². The lowest BCUT2D eigenvalue weighted by Crippen LogP contribution is -2.47. The van der Waals surface area contributed by atoms with Crippen LogP contribution in [0.15, 0.2) is 18.3 Å². The van der Waals surface area contributed by atoms with E-state index < -0.39 is 5.67 Å². The Bertz CT molecular complexity index is 450. The van der Waals surface area contributed by atoms with E-state index in [1.54, 1.807) is 17.0 Å². The summed E-state index contributed by atoms with van der Waals surface area (Å²) in [5.41, 5.74) is -1.24. The zero-order chi connectivity index (χ0) is 15.1. The number of amides is 1. The number of likely N-dealkylation sites (tertiary alicyclic amines) is 1. The van der Waals surface area contributed by atoms with Crippen molar-refractivity contribution >= 4 is 18.0 Å². The summed E-state index contributed by atoms with van der Waals surface area (Å²) < 4.78 is 19.8. The number of nitrogens with one attached hydrogen (secondary N) is 1. The molecule has 1 N–H and O–H groups in total. The van der Waals surface area contributed by atoms with Gasteiger partial charge in [0.1, 0.15) is 12.3 Å². The van der Waals surface area contributed by atoms with Crippen LogP contribution in [0.3, 0.4) is 0 Å². The van der Waals surface area contributed by atoms with Crippen molar-refractivity contribution in [2.24, 2.45) is 0 Å². The van der Waals surface area contributed by atoms with Crippen LogP contribution in [0, 0.1) is 0 Å². The van der Waals surface area contributed by atoms with Crippen molar-refractivity contribution in [1.82, 2.24) is 15.2 Å². The highest BCUT2D eigenvalue weighted by Gasteiger charge is 2.33. The van der Waals surface area contributed by atoms with Crippen LogP contribution >= 0.6 is 11.6 Å². The fourth-order valence-corrected chi connectivity index (χ4v) is 2.31. The van der Waals surface area contributed by atoms with Gasteiger partial charge in [-0.3, -0.25) is 4.79 Å². The Morgan fingerprint density at radius 1 is 1.48 bits per heavy atom. The Balaban J connectivity index is 1.61. The van der Waals surface area contributed by atoms with Crippen LogP contribution in [0.5, 0.6) is 5.88 Å². The highest BCUT2D eigenvalue weighted by molar-refractivity contribution is 6.30. The summed E-state index contributed by atoms with van der Waals surface area (Å²) in [6.45, 7) is 2.18. The number of piperidine rings is 1. The Morgan fingerprint density at radius 2 is 2.24 bits per heavy atom. The lowest BCUT2D eigenvalue weighted by atomic mass is 9.93. The average molecular weight is 316 g/mol. The number of ether oxygens (including phenoxy) is 1. The first kappa shape index (κ1) is 16.0. The standard InChI is InChI=1S/C14H19ClFN3O2/c15-12-1-2-13(18-9-12)21-8-5-17-10-14(16)3-6-19(11-20)7-4-14/h1-2,9,11,17H,3-8,10H2. The smallest absolute Gasteiger partial charge is 0.213 e.